The van der Waals surface area contributed by atoms with Crippen molar-refractivity contribution < 1.29 is 0 Å². The second-order valence-electron chi connectivity index (χ2n) is 12.1. The van der Waals surface area contributed by atoms with Crippen LogP contribution in [0.3, 0.4) is 0 Å². The van der Waals surface area contributed by atoms with Crippen LogP contribution in [0.5, 0.6) is 0 Å². The molecule has 1 aliphatic rings. The molecule has 216 valence electrons. The van der Waals surface area contributed by atoms with Crippen molar-refractivity contribution in [3.05, 3.63) is 182 Å². The average molecular weight is 578 g/mol. The first-order valence-corrected chi connectivity index (χ1v) is 15.4. The lowest BCUT2D eigenvalue weighted by Crippen LogP contribution is -2.16. The maximum atomic E-state index is 5.03. The first kappa shape index (κ1) is 28.3. The summed E-state index contributed by atoms with van der Waals surface area (Å²) >= 11 is 0. The van der Waals surface area contributed by atoms with Crippen molar-refractivity contribution in [2.24, 2.45) is 0 Å². The average Bonchev–Trinajstić information content (AvgIpc) is 3.33. The molecular formula is C44H35N. The highest BCUT2D eigenvalue weighted by atomic mass is 14.7. The number of hydrogen-bond donors (Lipinski definition) is 0. The summed E-state index contributed by atoms with van der Waals surface area (Å²) in [5, 5.41) is 0. The topological polar surface area (TPSA) is 12.9 Å². The third kappa shape index (κ3) is 5.17. The zero-order valence-corrected chi connectivity index (χ0v) is 25.8. The van der Waals surface area contributed by atoms with Crippen molar-refractivity contribution in [3.8, 4) is 55.9 Å². The highest BCUT2D eigenvalue weighted by molar-refractivity contribution is 5.89. The molecule has 0 saturated heterocycles. The molecule has 0 radical (unpaired) electrons. The fraction of sp³-hybridized carbons (Fsp3) is 0.0682. The minimum atomic E-state index is -0.100. The first-order valence-electron chi connectivity index (χ1n) is 15.4. The van der Waals surface area contributed by atoms with Crippen molar-refractivity contribution in [2.45, 2.75) is 19.3 Å². The number of benzene rings is 5. The molecule has 1 nitrogen and oxygen atoms in total. The molecule has 0 fully saturated rings. The summed E-state index contributed by atoms with van der Waals surface area (Å²) in [5.74, 6) is 0. The largest absolute Gasteiger partial charge is 0.248 e. The van der Waals surface area contributed by atoms with E-state index in [1.54, 1.807) is 0 Å². The van der Waals surface area contributed by atoms with Crippen LogP contribution in [-0.4, -0.2) is 4.98 Å². The van der Waals surface area contributed by atoms with Crippen LogP contribution in [0.4, 0.5) is 0 Å². The standard InChI is InChI=1S/C44H35N/c1-5-38-39-26-25-36(27-41(39)44(3,4)40(38)6-2)32-21-17-30(18-22-32)31-19-23-33(24-20-31)37-28-42(34-13-9-7-10-14-34)45-43(29-37)35-15-11-8-12-16-35/h5-29H,1-2H2,3-4H3. The number of fused-ring (bicyclic) bond motifs is 1. The van der Waals surface area contributed by atoms with Gasteiger partial charge in [0.1, 0.15) is 0 Å². The van der Waals surface area contributed by atoms with Crippen LogP contribution in [-0.2, 0) is 5.41 Å². The van der Waals surface area contributed by atoms with E-state index >= 15 is 0 Å². The summed E-state index contributed by atoms with van der Waals surface area (Å²) in [4.78, 5) is 5.03. The van der Waals surface area contributed by atoms with Crippen LogP contribution in [0, 0.1) is 0 Å². The molecule has 0 unspecified atom stereocenters. The zero-order valence-electron chi connectivity index (χ0n) is 25.8. The number of allylic oxidation sites excluding steroid dienone is 4. The highest BCUT2D eigenvalue weighted by Gasteiger charge is 2.35. The summed E-state index contributed by atoms with van der Waals surface area (Å²) in [7, 11) is 0. The SMILES string of the molecule is C=CC1=C(C=C)C(C)(C)c2cc(-c3ccc(-c4ccc(-c5cc(-c6ccccc6)nc(-c6ccccc6)c5)cc4)cc3)ccc21. The third-order valence-electron chi connectivity index (χ3n) is 9.09. The van der Waals surface area contributed by atoms with Gasteiger partial charge in [-0.05, 0) is 73.9 Å². The Kier molecular flexibility index (Phi) is 7.23. The van der Waals surface area contributed by atoms with E-state index in [1.807, 2.05) is 24.3 Å². The van der Waals surface area contributed by atoms with Gasteiger partial charge in [0.25, 0.3) is 0 Å². The van der Waals surface area contributed by atoms with Gasteiger partial charge in [-0.25, -0.2) is 4.98 Å². The third-order valence-corrected chi connectivity index (χ3v) is 9.09. The van der Waals surface area contributed by atoms with Gasteiger partial charge in [-0.3, -0.25) is 0 Å². The molecule has 0 bridgehead atoms. The predicted molar refractivity (Wildman–Crippen MR) is 192 cm³/mol. The number of aromatic nitrogens is 1. The Hall–Kier alpha value is -5.53. The van der Waals surface area contributed by atoms with E-state index in [1.165, 1.54) is 50.1 Å². The molecule has 5 aromatic carbocycles. The minimum absolute atomic E-state index is 0.100. The smallest absolute Gasteiger partial charge is 0.0715 e. The van der Waals surface area contributed by atoms with Crippen molar-refractivity contribution in [1.82, 2.24) is 4.98 Å². The van der Waals surface area contributed by atoms with Gasteiger partial charge >= 0.3 is 0 Å². The lowest BCUT2D eigenvalue weighted by molar-refractivity contribution is 0.655. The van der Waals surface area contributed by atoms with Crippen LogP contribution >= 0.6 is 0 Å². The number of rotatable bonds is 7. The lowest BCUT2D eigenvalue weighted by Gasteiger charge is -2.23. The molecule has 45 heavy (non-hydrogen) atoms. The Morgan fingerprint density at radius 1 is 0.467 bits per heavy atom. The fourth-order valence-electron chi connectivity index (χ4n) is 6.61. The van der Waals surface area contributed by atoms with Crippen molar-refractivity contribution >= 4 is 5.57 Å². The molecule has 1 heterocycles. The summed E-state index contributed by atoms with van der Waals surface area (Å²) in [6.07, 6.45) is 3.94. The molecule has 0 spiro atoms. The van der Waals surface area contributed by atoms with E-state index in [-0.39, 0.29) is 5.41 Å². The Bertz CT molecular complexity index is 2000. The first-order chi connectivity index (χ1) is 22.0. The summed E-state index contributed by atoms with van der Waals surface area (Å²) in [6.45, 7) is 12.7. The van der Waals surface area contributed by atoms with Gasteiger partial charge in [0.05, 0.1) is 11.4 Å². The molecule has 0 aliphatic heterocycles. The minimum Gasteiger partial charge on any atom is -0.248 e. The molecule has 1 aromatic heterocycles. The second-order valence-corrected chi connectivity index (χ2v) is 12.1. The predicted octanol–water partition coefficient (Wildman–Crippen LogP) is 11.8. The van der Waals surface area contributed by atoms with Crippen LogP contribution in [0.25, 0.3) is 61.5 Å². The summed E-state index contributed by atoms with van der Waals surface area (Å²) in [5.41, 5.74) is 16.2. The Labute approximate surface area is 266 Å². The molecular weight excluding hydrogens is 542 g/mol. The van der Waals surface area contributed by atoms with Gasteiger partial charge in [-0.15, -0.1) is 0 Å². The van der Waals surface area contributed by atoms with Gasteiger partial charge in [0, 0.05) is 16.5 Å². The summed E-state index contributed by atoms with van der Waals surface area (Å²) < 4.78 is 0. The van der Waals surface area contributed by atoms with Crippen LogP contribution in [0.15, 0.2) is 170 Å². The van der Waals surface area contributed by atoms with E-state index in [0.717, 1.165) is 28.1 Å². The van der Waals surface area contributed by atoms with Crippen LogP contribution < -0.4 is 0 Å². The molecule has 6 aromatic rings. The van der Waals surface area contributed by atoms with Gasteiger partial charge in [-0.1, -0.05) is 160 Å². The van der Waals surface area contributed by atoms with Crippen LogP contribution in [0.1, 0.15) is 25.0 Å². The van der Waals surface area contributed by atoms with Crippen molar-refractivity contribution in [3.63, 3.8) is 0 Å². The van der Waals surface area contributed by atoms with Crippen molar-refractivity contribution in [1.29, 1.82) is 0 Å². The van der Waals surface area contributed by atoms with E-state index in [9.17, 15) is 0 Å². The quantitative estimate of drug-likeness (QED) is 0.184. The summed E-state index contributed by atoms with van der Waals surface area (Å²) in [6, 6.07) is 49.7. The molecule has 0 atom stereocenters. The number of pyridine rings is 1. The number of hydrogen-bond acceptors (Lipinski definition) is 1. The van der Waals surface area contributed by atoms with Crippen LogP contribution in [0.2, 0.25) is 0 Å². The molecule has 7 rings (SSSR count). The van der Waals surface area contributed by atoms with Gasteiger partial charge < -0.3 is 0 Å². The van der Waals surface area contributed by atoms with E-state index in [0.29, 0.717) is 0 Å². The molecule has 0 amide bonds. The lowest BCUT2D eigenvalue weighted by atomic mass is 9.80. The molecule has 1 aliphatic carbocycles. The van der Waals surface area contributed by atoms with Crippen molar-refractivity contribution in [2.75, 3.05) is 0 Å². The molecule has 0 N–H and O–H groups in total. The van der Waals surface area contributed by atoms with Gasteiger partial charge in [0.2, 0.25) is 0 Å². The highest BCUT2D eigenvalue weighted by Crippen LogP contribution is 2.48. The van der Waals surface area contributed by atoms with E-state index < -0.39 is 0 Å². The van der Waals surface area contributed by atoms with Gasteiger partial charge in [-0.2, -0.15) is 0 Å². The monoisotopic (exact) mass is 577 g/mol. The fourth-order valence-corrected chi connectivity index (χ4v) is 6.61. The molecule has 0 saturated carbocycles. The Balaban J connectivity index is 1.18. The number of nitrogens with zero attached hydrogens (tertiary/aromatic N) is 1. The maximum absolute atomic E-state index is 5.03. The normalized spacial score (nSPS) is 13.4. The zero-order chi connectivity index (χ0) is 31.0. The van der Waals surface area contributed by atoms with E-state index in [2.05, 4.69) is 154 Å². The van der Waals surface area contributed by atoms with Gasteiger partial charge in [0.15, 0.2) is 0 Å². The van der Waals surface area contributed by atoms with E-state index in [4.69, 9.17) is 4.98 Å². The Morgan fingerprint density at radius 3 is 1.38 bits per heavy atom. The second kappa shape index (κ2) is 11.5. The molecule has 1 heteroatoms. The Morgan fingerprint density at radius 2 is 0.911 bits per heavy atom. The maximum Gasteiger partial charge on any atom is 0.0715 e.